The monoisotopic (exact) mass is 243 g/mol. The Balaban J connectivity index is 2.74. The molecule has 1 N–H and O–H groups in total. The van der Waals surface area contributed by atoms with Crippen LogP contribution in [0.25, 0.3) is 0 Å². The summed E-state index contributed by atoms with van der Waals surface area (Å²) < 4.78 is 23.9. The van der Waals surface area contributed by atoms with E-state index >= 15 is 0 Å². The van der Waals surface area contributed by atoms with Crippen LogP contribution in [0.4, 0.5) is 5.95 Å². The number of aromatic nitrogens is 2. The van der Waals surface area contributed by atoms with E-state index in [1.165, 1.54) is 6.26 Å². The van der Waals surface area contributed by atoms with Gasteiger partial charge in [0.05, 0.1) is 11.4 Å². The normalized spacial score (nSPS) is 11.4. The van der Waals surface area contributed by atoms with E-state index in [0.717, 1.165) is 5.69 Å². The van der Waals surface area contributed by atoms with Gasteiger partial charge < -0.3 is 9.88 Å². The van der Waals surface area contributed by atoms with Gasteiger partial charge >= 0.3 is 0 Å². The fourth-order valence-electron chi connectivity index (χ4n) is 1.29. The predicted molar refractivity (Wildman–Crippen MR) is 65.4 cm³/mol. The maximum absolute atomic E-state index is 11.1. The lowest BCUT2D eigenvalue weighted by Gasteiger charge is -2.07. The highest BCUT2D eigenvalue weighted by Crippen LogP contribution is 2.08. The predicted octanol–water partition coefficient (Wildman–Crippen LogP) is 0.834. The van der Waals surface area contributed by atoms with Crippen LogP contribution in [0.15, 0.2) is 18.9 Å². The smallest absolute Gasteiger partial charge is 0.203 e. The first kappa shape index (κ1) is 12.8. The third kappa shape index (κ3) is 4.06. The van der Waals surface area contributed by atoms with E-state index in [0.29, 0.717) is 19.0 Å². The zero-order valence-corrected chi connectivity index (χ0v) is 10.4. The average Bonchev–Trinajstić information content (AvgIpc) is 2.52. The molecule has 16 heavy (non-hydrogen) atoms. The first-order valence-electron chi connectivity index (χ1n) is 4.98. The van der Waals surface area contributed by atoms with Gasteiger partial charge in [-0.15, -0.1) is 6.58 Å². The van der Waals surface area contributed by atoms with Crippen LogP contribution in [0.3, 0.4) is 0 Å². The molecular formula is C10H17N3O2S. The van der Waals surface area contributed by atoms with Crippen molar-refractivity contribution in [2.75, 3.05) is 23.9 Å². The lowest BCUT2D eigenvalue weighted by Crippen LogP contribution is -2.13. The zero-order valence-electron chi connectivity index (χ0n) is 9.60. The maximum Gasteiger partial charge on any atom is 0.203 e. The van der Waals surface area contributed by atoms with Gasteiger partial charge in [0.1, 0.15) is 9.84 Å². The fourth-order valence-corrected chi connectivity index (χ4v) is 1.81. The molecule has 90 valence electrons. The second-order valence-corrected chi connectivity index (χ2v) is 5.96. The molecule has 0 amide bonds. The summed E-state index contributed by atoms with van der Waals surface area (Å²) in [5.74, 6) is 0.798. The van der Waals surface area contributed by atoms with E-state index in [-0.39, 0.29) is 5.75 Å². The molecule has 0 saturated heterocycles. The third-order valence-corrected chi connectivity index (χ3v) is 2.93. The first-order valence-corrected chi connectivity index (χ1v) is 7.04. The van der Waals surface area contributed by atoms with Gasteiger partial charge in [0.2, 0.25) is 5.95 Å². The van der Waals surface area contributed by atoms with Crippen LogP contribution >= 0.6 is 0 Å². The van der Waals surface area contributed by atoms with Gasteiger partial charge in [-0.25, -0.2) is 13.4 Å². The lowest BCUT2D eigenvalue weighted by atomic mass is 10.6. The summed E-state index contributed by atoms with van der Waals surface area (Å²) in [4.78, 5) is 4.26. The summed E-state index contributed by atoms with van der Waals surface area (Å²) in [5.41, 5.74) is 0.861. The van der Waals surface area contributed by atoms with Crippen LogP contribution < -0.4 is 5.32 Å². The van der Waals surface area contributed by atoms with E-state index in [2.05, 4.69) is 16.9 Å². The van der Waals surface area contributed by atoms with Crippen molar-refractivity contribution >= 4 is 15.8 Å². The molecule has 0 aliphatic heterocycles. The van der Waals surface area contributed by atoms with Gasteiger partial charge in [-0.1, -0.05) is 6.08 Å². The zero-order chi connectivity index (χ0) is 12.2. The Morgan fingerprint density at radius 2 is 2.31 bits per heavy atom. The van der Waals surface area contributed by atoms with Gasteiger partial charge in [-0.3, -0.25) is 0 Å². The molecule has 0 bridgehead atoms. The van der Waals surface area contributed by atoms with Crippen LogP contribution in [0.2, 0.25) is 0 Å². The number of imidazole rings is 1. The minimum atomic E-state index is -2.95. The van der Waals surface area contributed by atoms with Gasteiger partial charge in [-0.2, -0.15) is 0 Å². The largest absolute Gasteiger partial charge is 0.352 e. The molecule has 0 aliphatic rings. The fraction of sp³-hybridized carbons (Fsp3) is 0.500. The quantitative estimate of drug-likeness (QED) is 0.752. The Labute approximate surface area is 96.1 Å². The van der Waals surface area contributed by atoms with Crippen molar-refractivity contribution < 1.29 is 8.42 Å². The summed E-state index contributed by atoms with van der Waals surface area (Å²) in [6.45, 7) is 6.50. The molecule has 1 rings (SSSR count). The van der Waals surface area contributed by atoms with Crippen molar-refractivity contribution in [1.82, 2.24) is 9.55 Å². The van der Waals surface area contributed by atoms with E-state index in [9.17, 15) is 8.42 Å². The Kier molecular flexibility index (Phi) is 4.12. The van der Waals surface area contributed by atoms with E-state index in [1.807, 2.05) is 13.1 Å². The SMILES string of the molecule is C=CCNc1nc(C)cn1CCS(C)(=O)=O. The van der Waals surface area contributed by atoms with Crippen molar-refractivity contribution in [2.24, 2.45) is 0 Å². The summed E-state index contributed by atoms with van der Waals surface area (Å²) in [5, 5.41) is 3.06. The van der Waals surface area contributed by atoms with E-state index < -0.39 is 9.84 Å². The number of nitrogens with one attached hydrogen (secondary N) is 1. The van der Waals surface area contributed by atoms with Crippen molar-refractivity contribution in [1.29, 1.82) is 0 Å². The van der Waals surface area contributed by atoms with Crippen LogP contribution in [-0.4, -0.2) is 36.5 Å². The molecule has 1 aromatic rings. The van der Waals surface area contributed by atoms with Crippen LogP contribution in [-0.2, 0) is 16.4 Å². The Hall–Kier alpha value is -1.30. The van der Waals surface area contributed by atoms with Gasteiger partial charge in [-0.05, 0) is 6.92 Å². The number of aryl methyl sites for hydroxylation is 2. The van der Waals surface area contributed by atoms with E-state index in [1.54, 1.807) is 10.6 Å². The topological polar surface area (TPSA) is 64.0 Å². The Bertz CT molecular complexity index is 462. The summed E-state index contributed by atoms with van der Waals surface area (Å²) >= 11 is 0. The lowest BCUT2D eigenvalue weighted by molar-refractivity contribution is 0.595. The number of hydrogen-bond acceptors (Lipinski definition) is 4. The number of hydrogen-bond donors (Lipinski definition) is 1. The third-order valence-electron chi connectivity index (χ3n) is 2.00. The average molecular weight is 243 g/mol. The van der Waals surface area contributed by atoms with E-state index in [4.69, 9.17) is 0 Å². The van der Waals surface area contributed by atoms with Gasteiger partial charge in [0.25, 0.3) is 0 Å². The summed E-state index contributed by atoms with van der Waals surface area (Å²) in [6.07, 6.45) is 4.79. The van der Waals surface area contributed by atoms with Crippen LogP contribution in [0, 0.1) is 6.92 Å². The molecule has 6 heteroatoms. The number of anilines is 1. The van der Waals surface area contributed by atoms with Crippen molar-refractivity contribution in [3.8, 4) is 0 Å². The second kappa shape index (κ2) is 5.16. The molecule has 0 aromatic carbocycles. The highest BCUT2D eigenvalue weighted by molar-refractivity contribution is 7.90. The minimum absolute atomic E-state index is 0.117. The molecule has 0 aliphatic carbocycles. The molecule has 1 aromatic heterocycles. The van der Waals surface area contributed by atoms with Crippen molar-refractivity contribution in [3.63, 3.8) is 0 Å². The molecule has 0 spiro atoms. The van der Waals surface area contributed by atoms with Crippen LogP contribution in [0.1, 0.15) is 5.69 Å². The molecule has 5 nitrogen and oxygen atoms in total. The maximum atomic E-state index is 11.1. The summed E-state index contributed by atoms with van der Waals surface area (Å²) in [7, 11) is -2.95. The summed E-state index contributed by atoms with van der Waals surface area (Å²) in [6, 6.07) is 0. The molecule has 0 unspecified atom stereocenters. The number of rotatable bonds is 6. The minimum Gasteiger partial charge on any atom is -0.352 e. The van der Waals surface area contributed by atoms with Crippen molar-refractivity contribution in [3.05, 3.63) is 24.5 Å². The highest BCUT2D eigenvalue weighted by Gasteiger charge is 2.07. The molecular weight excluding hydrogens is 226 g/mol. The molecule has 0 radical (unpaired) electrons. The second-order valence-electron chi connectivity index (χ2n) is 3.70. The standard InChI is InChI=1S/C10H17N3O2S/c1-4-5-11-10-12-9(2)8-13(10)6-7-16(3,14)15/h4,8H,1,5-7H2,2-3H3,(H,11,12). The van der Waals surface area contributed by atoms with Gasteiger partial charge in [0.15, 0.2) is 0 Å². The van der Waals surface area contributed by atoms with Gasteiger partial charge in [0, 0.05) is 25.5 Å². The van der Waals surface area contributed by atoms with Crippen molar-refractivity contribution in [2.45, 2.75) is 13.5 Å². The number of sulfone groups is 1. The molecule has 1 heterocycles. The Morgan fingerprint density at radius 3 is 2.88 bits per heavy atom. The molecule has 0 fully saturated rings. The molecule has 0 saturated carbocycles. The van der Waals surface area contributed by atoms with Crippen LogP contribution in [0.5, 0.6) is 0 Å². The molecule has 0 atom stereocenters. The first-order chi connectivity index (χ1) is 7.42. The number of nitrogens with zero attached hydrogens (tertiary/aromatic N) is 2. The Morgan fingerprint density at radius 1 is 1.62 bits per heavy atom. The highest BCUT2D eigenvalue weighted by atomic mass is 32.2.